The second-order valence-electron chi connectivity index (χ2n) is 10.2. The molecule has 9 nitrogen and oxygen atoms in total. The van der Waals surface area contributed by atoms with Crippen LogP contribution in [0.3, 0.4) is 0 Å². The van der Waals surface area contributed by atoms with Gasteiger partial charge in [-0.25, -0.2) is 4.98 Å². The highest BCUT2D eigenvalue weighted by Gasteiger charge is 2.24. The smallest absolute Gasteiger partial charge is 0.269 e. The molecule has 1 fully saturated rings. The van der Waals surface area contributed by atoms with E-state index in [1.165, 1.54) is 6.08 Å². The van der Waals surface area contributed by atoms with E-state index in [-0.39, 0.29) is 16.7 Å². The molecule has 0 atom stereocenters. The van der Waals surface area contributed by atoms with Crippen molar-refractivity contribution >= 4 is 29.5 Å². The number of nitrogens with one attached hydrogen (secondary N) is 1. The number of benzene rings is 2. The van der Waals surface area contributed by atoms with Crippen LogP contribution in [0, 0.1) is 35.3 Å². The molecule has 3 aromatic rings. The third-order valence-corrected chi connectivity index (χ3v) is 8.28. The number of nitrogens with zero attached hydrogens (tertiary/aromatic N) is 5. The van der Waals surface area contributed by atoms with E-state index >= 15 is 0 Å². The molecule has 2 aliphatic heterocycles. The summed E-state index contributed by atoms with van der Waals surface area (Å²) in [6.45, 7) is 6.64. The number of hydrogen-bond acceptors (Lipinski definition) is 9. The van der Waals surface area contributed by atoms with Gasteiger partial charge in [0.2, 0.25) is 11.8 Å². The molecule has 5 rings (SSSR count). The van der Waals surface area contributed by atoms with Crippen molar-refractivity contribution in [1.82, 2.24) is 14.9 Å². The zero-order valence-corrected chi connectivity index (χ0v) is 23.5. The van der Waals surface area contributed by atoms with E-state index in [0.717, 1.165) is 89.7 Å². The number of fused-ring (bicyclic) bond motifs is 1. The minimum absolute atomic E-state index is 0.119. The van der Waals surface area contributed by atoms with E-state index in [9.17, 15) is 10.1 Å². The first-order chi connectivity index (χ1) is 19.4. The van der Waals surface area contributed by atoms with Crippen LogP contribution >= 0.6 is 11.8 Å². The third-order valence-electron chi connectivity index (χ3n) is 7.29. The molecular weight excluding hydrogens is 524 g/mol. The predicted molar refractivity (Wildman–Crippen MR) is 158 cm³/mol. The Morgan fingerprint density at radius 1 is 1.20 bits per heavy atom. The maximum atomic E-state index is 10.9. The van der Waals surface area contributed by atoms with Crippen molar-refractivity contribution in [3.63, 3.8) is 0 Å². The van der Waals surface area contributed by atoms with Gasteiger partial charge in [-0.15, -0.1) is 0 Å². The van der Waals surface area contributed by atoms with Crippen molar-refractivity contribution in [1.29, 1.82) is 5.26 Å². The Balaban J connectivity index is 1.27. The van der Waals surface area contributed by atoms with Gasteiger partial charge in [-0.1, -0.05) is 12.1 Å². The summed E-state index contributed by atoms with van der Waals surface area (Å²) in [6.07, 6.45) is 6.07. The number of aromatic nitrogens is 2. The number of rotatable bonds is 8. The molecule has 1 saturated heterocycles. The van der Waals surface area contributed by atoms with Crippen molar-refractivity contribution in [2.75, 3.05) is 24.2 Å². The summed E-state index contributed by atoms with van der Waals surface area (Å²) in [5, 5.41) is 23.3. The van der Waals surface area contributed by atoms with E-state index in [1.807, 2.05) is 55.9 Å². The number of piperidine rings is 1. The lowest BCUT2D eigenvalue weighted by Gasteiger charge is -2.32. The van der Waals surface area contributed by atoms with Crippen LogP contribution in [0.15, 0.2) is 42.5 Å². The molecular formula is C30H32N6O3S. The number of thioether (sulfide) groups is 1. The van der Waals surface area contributed by atoms with Gasteiger partial charge in [-0.3, -0.25) is 15.0 Å². The summed E-state index contributed by atoms with van der Waals surface area (Å²) < 4.78 is 6.49. The molecule has 0 amide bonds. The number of anilines is 1. The molecule has 0 unspecified atom stereocenters. The van der Waals surface area contributed by atoms with Crippen LogP contribution < -0.4 is 10.1 Å². The van der Waals surface area contributed by atoms with Gasteiger partial charge in [-0.05, 0) is 79.3 Å². The molecule has 2 aliphatic rings. The van der Waals surface area contributed by atoms with Crippen LogP contribution in [0.25, 0.3) is 6.08 Å². The fraction of sp³-hybridized carbons (Fsp3) is 0.367. The first-order valence-corrected chi connectivity index (χ1v) is 14.6. The van der Waals surface area contributed by atoms with Gasteiger partial charge in [-0.2, -0.15) is 22.0 Å². The number of aryl methyl sites for hydroxylation is 3. The standard InChI is InChI=1S/C30H32N6O3S/c1-20-16-23(4-3-12-31)17-21(2)28(20)39-29-26-19-40-15-11-27(26)33-30(34-29)32-24-9-13-35(14-10-24)18-22-5-7-25(8-6-22)36(37)38/h3-8,16-17,24H,9-11,13-15,18-19H2,1-2H3,(H,32,33,34)/b4-3+. The lowest BCUT2D eigenvalue weighted by atomic mass is 10.0. The number of allylic oxidation sites excluding steroid dienone is 1. The van der Waals surface area contributed by atoms with Gasteiger partial charge >= 0.3 is 0 Å². The van der Waals surface area contributed by atoms with Gasteiger partial charge in [0, 0.05) is 55.2 Å². The summed E-state index contributed by atoms with van der Waals surface area (Å²) >= 11 is 1.87. The molecule has 0 aliphatic carbocycles. The molecule has 0 saturated carbocycles. The Morgan fingerprint density at radius 2 is 1.93 bits per heavy atom. The van der Waals surface area contributed by atoms with E-state index in [0.29, 0.717) is 11.8 Å². The second kappa shape index (κ2) is 12.5. The van der Waals surface area contributed by atoms with E-state index in [4.69, 9.17) is 20.0 Å². The van der Waals surface area contributed by atoms with Crippen LogP contribution in [-0.2, 0) is 18.7 Å². The number of nitro groups is 1. The van der Waals surface area contributed by atoms with Crippen molar-refractivity contribution < 1.29 is 9.66 Å². The molecule has 40 heavy (non-hydrogen) atoms. The average Bonchev–Trinajstić information content (AvgIpc) is 2.95. The Kier molecular flexibility index (Phi) is 8.63. The minimum atomic E-state index is -0.368. The van der Waals surface area contributed by atoms with E-state index in [2.05, 4.69) is 10.2 Å². The van der Waals surface area contributed by atoms with Crippen LogP contribution in [0.5, 0.6) is 11.6 Å². The van der Waals surface area contributed by atoms with Gasteiger partial charge in [0.1, 0.15) is 5.75 Å². The first-order valence-electron chi connectivity index (χ1n) is 13.4. The zero-order chi connectivity index (χ0) is 28.1. The average molecular weight is 557 g/mol. The monoisotopic (exact) mass is 556 g/mol. The van der Waals surface area contributed by atoms with Gasteiger partial charge in [0.15, 0.2) is 0 Å². The predicted octanol–water partition coefficient (Wildman–Crippen LogP) is 6.20. The van der Waals surface area contributed by atoms with Gasteiger partial charge < -0.3 is 10.1 Å². The fourth-order valence-electron chi connectivity index (χ4n) is 5.22. The van der Waals surface area contributed by atoms with E-state index < -0.39 is 0 Å². The highest BCUT2D eigenvalue weighted by molar-refractivity contribution is 7.98. The number of likely N-dealkylation sites (tertiary alicyclic amines) is 1. The fourth-order valence-corrected chi connectivity index (χ4v) is 6.20. The van der Waals surface area contributed by atoms with Crippen molar-refractivity contribution in [3.8, 4) is 17.7 Å². The molecule has 0 radical (unpaired) electrons. The molecule has 3 heterocycles. The number of hydrogen-bond donors (Lipinski definition) is 1. The molecule has 2 aromatic carbocycles. The SMILES string of the molecule is Cc1cc(/C=C/C#N)cc(C)c1Oc1nc(NC2CCN(Cc3ccc([N+](=O)[O-])cc3)CC2)nc2c1CSCC2. The first kappa shape index (κ1) is 27.6. The van der Waals surface area contributed by atoms with Crippen molar-refractivity contribution in [2.24, 2.45) is 0 Å². The van der Waals surface area contributed by atoms with Gasteiger partial charge in [0.25, 0.3) is 5.69 Å². The summed E-state index contributed by atoms with van der Waals surface area (Å²) in [7, 11) is 0. The minimum Gasteiger partial charge on any atom is -0.438 e. The molecule has 206 valence electrons. The number of nitro benzene ring substituents is 1. The lowest BCUT2D eigenvalue weighted by molar-refractivity contribution is -0.384. The normalized spacial score (nSPS) is 15.9. The van der Waals surface area contributed by atoms with Crippen LogP contribution in [0.1, 0.15) is 46.4 Å². The summed E-state index contributed by atoms with van der Waals surface area (Å²) in [5.74, 6) is 3.87. The number of non-ortho nitro benzene ring substituents is 1. The molecule has 10 heteroatoms. The molecule has 1 aromatic heterocycles. The molecule has 0 bridgehead atoms. The largest absolute Gasteiger partial charge is 0.438 e. The van der Waals surface area contributed by atoms with Crippen LogP contribution in [-0.4, -0.2) is 44.7 Å². The molecule has 0 spiro atoms. The number of ether oxygens (including phenoxy) is 1. The zero-order valence-electron chi connectivity index (χ0n) is 22.7. The Labute approximate surface area is 238 Å². The van der Waals surface area contributed by atoms with E-state index in [1.54, 1.807) is 18.2 Å². The maximum Gasteiger partial charge on any atom is 0.269 e. The van der Waals surface area contributed by atoms with Gasteiger partial charge in [0.05, 0.1) is 16.7 Å². The maximum absolute atomic E-state index is 10.9. The van der Waals surface area contributed by atoms with Crippen molar-refractivity contribution in [3.05, 3.63) is 86.1 Å². The summed E-state index contributed by atoms with van der Waals surface area (Å²) in [6, 6.07) is 13.1. The lowest BCUT2D eigenvalue weighted by Crippen LogP contribution is -2.39. The van der Waals surface area contributed by atoms with Crippen molar-refractivity contribution in [2.45, 2.75) is 51.4 Å². The topological polar surface area (TPSA) is 117 Å². The third kappa shape index (κ3) is 6.61. The number of nitriles is 1. The Bertz CT molecular complexity index is 1440. The Hall–Kier alpha value is -3.94. The summed E-state index contributed by atoms with van der Waals surface area (Å²) in [4.78, 5) is 22.7. The highest BCUT2D eigenvalue weighted by Crippen LogP contribution is 2.36. The summed E-state index contributed by atoms with van der Waals surface area (Å²) in [5.41, 5.74) is 6.25. The second-order valence-corrected chi connectivity index (χ2v) is 11.4. The van der Waals surface area contributed by atoms with Crippen LogP contribution in [0.2, 0.25) is 0 Å². The quantitative estimate of drug-likeness (QED) is 0.197. The molecule has 1 N–H and O–H groups in total. The highest BCUT2D eigenvalue weighted by atomic mass is 32.2. The van der Waals surface area contributed by atoms with Crippen LogP contribution in [0.4, 0.5) is 11.6 Å². The Morgan fingerprint density at radius 3 is 2.60 bits per heavy atom.